The molecule has 0 aliphatic rings. The summed E-state index contributed by atoms with van der Waals surface area (Å²) in [4.78, 5) is 37.0. The minimum atomic E-state index is -1.38. The van der Waals surface area contributed by atoms with Crippen molar-refractivity contribution in [3.8, 4) is 0 Å². The molecule has 0 unspecified atom stereocenters. The summed E-state index contributed by atoms with van der Waals surface area (Å²) in [6.07, 6.45) is 0.546. The molecule has 2 heterocycles. The van der Waals surface area contributed by atoms with Gasteiger partial charge in [0.1, 0.15) is 4.83 Å². The number of benzene rings is 1. The lowest BCUT2D eigenvalue weighted by molar-refractivity contribution is -0.254. The first-order chi connectivity index (χ1) is 12.5. The van der Waals surface area contributed by atoms with Crippen LogP contribution in [0.25, 0.3) is 10.2 Å². The Balaban J connectivity index is 2.22. The van der Waals surface area contributed by atoms with Crippen molar-refractivity contribution in [1.82, 2.24) is 9.13 Å². The quantitative estimate of drug-likeness (QED) is 0.661. The number of aryl methyl sites for hydroxylation is 3. The maximum absolute atomic E-state index is 12.8. The average Bonchev–Trinajstić information content (AvgIpc) is 2.97. The van der Waals surface area contributed by atoms with E-state index >= 15 is 0 Å². The van der Waals surface area contributed by atoms with Crippen LogP contribution in [0.4, 0.5) is 0 Å². The van der Waals surface area contributed by atoms with E-state index in [1.54, 1.807) is 0 Å². The molecule has 0 bridgehead atoms. The third kappa shape index (κ3) is 3.09. The summed E-state index contributed by atoms with van der Waals surface area (Å²) >= 11 is 0.874. The molecule has 0 saturated heterocycles. The van der Waals surface area contributed by atoms with E-state index in [2.05, 4.69) is 0 Å². The summed E-state index contributed by atoms with van der Waals surface area (Å²) in [7, 11) is 0. The van der Waals surface area contributed by atoms with Crippen LogP contribution in [0, 0.1) is 6.92 Å². The average molecular weight is 373 g/mol. The van der Waals surface area contributed by atoms with Crippen molar-refractivity contribution in [3.63, 3.8) is 0 Å². The Bertz CT molecular complexity index is 1080. The van der Waals surface area contributed by atoms with Crippen LogP contribution in [-0.4, -0.2) is 26.8 Å². The van der Waals surface area contributed by atoms with Crippen molar-refractivity contribution in [2.24, 2.45) is 0 Å². The molecule has 0 atom stereocenters. The zero-order chi connectivity index (χ0) is 18.8. The van der Waals surface area contributed by atoms with E-state index in [4.69, 9.17) is 0 Å². The van der Waals surface area contributed by atoms with Crippen LogP contribution in [0.2, 0.25) is 0 Å². The Morgan fingerprint density at radius 3 is 2.46 bits per heavy atom. The molecule has 26 heavy (non-hydrogen) atoms. The molecule has 0 aliphatic heterocycles. The molecule has 0 amide bonds. The standard InChI is InChI=1S/C18H18N2O5S/c1-11-13-15(22)19(9-10-21)18(25)20(16(13)26-14(11)17(23)24)8-7-12-5-3-2-4-6-12/h2-6,21H,7-10H2,1H3,(H,23,24)/p-1. The summed E-state index contributed by atoms with van der Waals surface area (Å²) in [5.74, 6) is -1.38. The molecule has 0 radical (unpaired) electrons. The Hall–Kier alpha value is -2.71. The molecule has 0 spiro atoms. The van der Waals surface area contributed by atoms with Gasteiger partial charge in [-0.3, -0.25) is 13.9 Å². The van der Waals surface area contributed by atoms with Gasteiger partial charge in [0.15, 0.2) is 0 Å². The maximum Gasteiger partial charge on any atom is 0.332 e. The molecule has 2 aromatic heterocycles. The SMILES string of the molecule is Cc1c(C(=O)[O-])sc2c1c(=O)n(CCO)c(=O)n2CCc1ccccc1. The lowest BCUT2D eigenvalue weighted by Gasteiger charge is -2.11. The molecule has 1 N–H and O–H groups in total. The second-order valence-electron chi connectivity index (χ2n) is 5.87. The summed E-state index contributed by atoms with van der Waals surface area (Å²) in [5.41, 5.74) is 0.158. The van der Waals surface area contributed by atoms with Crippen molar-refractivity contribution >= 4 is 27.5 Å². The summed E-state index contributed by atoms with van der Waals surface area (Å²) in [6, 6.07) is 9.54. The Morgan fingerprint density at radius 2 is 1.85 bits per heavy atom. The summed E-state index contributed by atoms with van der Waals surface area (Å²) in [5, 5.41) is 20.7. The summed E-state index contributed by atoms with van der Waals surface area (Å²) < 4.78 is 2.36. The van der Waals surface area contributed by atoms with E-state index in [0.717, 1.165) is 21.5 Å². The minimum absolute atomic E-state index is 0.0632. The number of fused-ring (bicyclic) bond motifs is 1. The van der Waals surface area contributed by atoms with Gasteiger partial charge in [0.05, 0.1) is 29.4 Å². The molecule has 1 aromatic carbocycles. The van der Waals surface area contributed by atoms with Crippen LogP contribution in [0.3, 0.4) is 0 Å². The van der Waals surface area contributed by atoms with E-state index in [1.807, 2.05) is 30.3 Å². The fraction of sp³-hybridized carbons (Fsp3) is 0.278. The first kappa shape index (κ1) is 18.1. The van der Waals surface area contributed by atoms with Gasteiger partial charge in [-0.15, -0.1) is 11.3 Å². The van der Waals surface area contributed by atoms with Gasteiger partial charge in [-0.1, -0.05) is 30.3 Å². The van der Waals surface area contributed by atoms with Crippen LogP contribution in [0.15, 0.2) is 39.9 Å². The number of carboxylic acid groups (broad SMARTS) is 1. The van der Waals surface area contributed by atoms with Gasteiger partial charge in [0.2, 0.25) is 0 Å². The van der Waals surface area contributed by atoms with Crippen LogP contribution in [-0.2, 0) is 19.5 Å². The Morgan fingerprint density at radius 1 is 1.15 bits per heavy atom. The molecule has 0 fully saturated rings. The first-order valence-electron chi connectivity index (χ1n) is 8.08. The molecule has 3 rings (SSSR count). The second kappa shape index (κ2) is 7.27. The number of carbonyl (C=O) groups excluding carboxylic acids is 1. The fourth-order valence-electron chi connectivity index (χ4n) is 2.97. The predicted molar refractivity (Wildman–Crippen MR) is 96.6 cm³/mol. The number of carbonyl (C=O) groups is 1. The normalized spacial score (nSPS) is 11.2. The van der Waals surface area contributed by atoms with Crippen LogP contribution >= 0.6 is 11.3 Å². The topological polar surface area (TPSA) is 104 Å². The smallest absolute Gasteiger partial charge is 0.332 e. The molecule has 0 aliphatic carbocycles. The lowest BCUT2D eigenvalue weighted by Crippen LogP contribution is -2.40. The third-order valence-corrected chi connectivity index (χ3v) is 5.56. The number of aliphatic hydroxyl groups is 1. The highest BCUT2D eigenvalue weighted by atomic mass is 32.1. The largest absolute Gasteiger partial charge is 0.544 e. The molecule has 8 heteroatoms. The van der Waals surface area contributed by atoms with E-state index in [1.165, 1.54) is 11.5 Å². The summed E-state index contributed by atoms with van der Waals surface area (Å²) in [6.45, 7) is 1.31. The predicted octanol–water partition coefficient (Wildman–Crippen LogP) is 0.132. The van der Waals surface area contributed by atoms with Gasteiger partial charge in [0, 0.05) is 6.54 Å². The monoisotopic (exact) mass is 373 g/mol. The second-order valence-corrected chi connectivity index (χ2v) is 6.87. The first-order valence-corrected chi connectivity index (χ1v) is 8.90. The third-order valence-electron chi connectivity index (χ3n) is 4.27. The molecular weight excluding hydrogens is 356 g/mol. The van der Waals surface area contributed by atoms with E-state index in [0.29, 0.717) is 11.3 Å². The van der Waals surface area contributed by atoms with Crippen LogP contribution in [0.1, 0.15) is 20.8 Å². The van der Waals surface area contributed by atoms with Crippen LogP contribution < -0.4 is 16.4 Å². The number of aromatic carboxylic acids is 1. The zero-order valence-electron chi connectivity index (χ0n) is 14.1. The highest BCUT2D eigenvalue weighted by Gasteiger charge is 2.20. The van der Waals surface area contributed by atoms with Crippen molar-refractivity contribution < 1.29 is 15.0 Å². The number of nitrogens with zero attached hydrogens (tertiary/aromatic N) is 2. The van der Waals surface area contributed by atoms with Gasteiger partial charge in [-0.05, 0) is 24.5 Å². The van der Waals surface area contributed by atoms with Crippen molar-refractivity contribution in [2.45, 2.75) is 26.4 Å². The number of aliphatic hydroxyl groups excluding tert-OH is 1. The highest BCUT2D eigenvalue weighted by molar-refractivity contribution is 7.20. The lowest BCUT2D eigenvalue weighted by atomic mass is 10.1. The maximum atomic E-state index is 12.8. The van der Waals surface area contributed by atoms with Crippen molar-refractivity contribution in [2.75, 3.05) is 6.61 Å². The Kier molecular flexibility index (Phi) is 5.06. The van der Waals surface area contributed by atoms with Gasteiger partial charge in [0.25, 0.3) is 5.56 Å². The number of aromatic nitrogens is 2. The number of hydrogen-bond donors (Lipinski definition) is 1. The zero-order valence-corrected chi connectivity index (χ0v) is 14.9. The molecule has 0 saturated carbocycles. The van der Waals surface area contributed by atoms with Gasteiger partial charge in [-0.25, -0.2) is 4.79 Å². The highest BCUT2D eigenvalue weighted by Crippen LogP contribution is 2.27. The van der Waals surface area contributed by atoms with Gasteiger partial charge < -0.3 is 15.0 Å². The van der Waals surface area contributed by atoms with E-state index < -0.39 is 17.2 Å². The van der Waals surface area contributed by atoms with Crippen molar-refractivity contribution in [3.05, 3.63) is 67.2 Å². The molecule has 136 valence electrons. The van der Waals surface area contributed by atoms with E-state index in [9.17, 15) is 24.6 Å². The number of rotatable bonds is 6. The van der Waals surface area contributed by atoms with Gasteiger partial charge >= 0.3 is 5.69 Å². The van der Waals surface area contributed by atoms with Crippen LogP contribution in [0.5, 0.6) is 0 Å². The van der Waals surface area contributed by atoms with Crippen molar-refractivity contribution in [1.29, 1.82) is 0 Å². The molecular formula is C18H17N2O5S-. The van der Waals surface area contributed by atoms with Gasteiger partial charge in [-0.2, -0.15) is 0 Å². The van der Waals surface area contributed by atoms with E-state index in [-0.39, 0.29) is 35.5 Å². The minimum Gasteiger partial charge on any atom is -0.544 e. The number of hydrogen-bond acceptors (Lipinski definition) is 6. The number of carboxylic acids is 1. The molecule has 3 aromatic rings. The Labute approximate surface area is 152 Å². The number of thiophene rings is 1. The fourth-order valence-corrected chi connectivity index (χ4v) is 4.12. The molecule has 7 nitrogen and oxygen atoms in total.